The van der Waals surface area contributed by atoms with Crippen molar-refractivity contribution in [1.29, 1.82) is 0 Å². The molecule has 0 saturated carbocycles. The number of carbonyl (C=O) groups is 1. The first-order chi connectivity index (χ1) is 15.6. The van der Waals surface area contributed by atoms with Crippen LogP contribution in [0.4, 0.5) is 5.69 Å². The van der Waals surface area contributed by atoms with Crippen LogP contribution in [0.15, 0.2) is 88.5 Å². The number of hydrogen-bond acceptors (Lipinski definition) is 6. The highest BCUT2D eigenvalue weighted by atomic mass is 35.5. The number of halogens is 1. The van der Waals surface area contributed by atoms with E-state index < -0.39 is 5.25 Å². The molecule has 0 spiro atoms. The summed E-state index contributed by atoms with van der Waals surface area (Å²) in [7, 11) is 0. The van der Waals surface area contributed by atoms with Crippen molar-refractivity contribution < 1.29 is 13.9 Å². The second-order valence-electron chi connectivity index (χ2n) is 6.93. The van der Waals surface area contributed by atoms with Gasteiger partial charge in [0.05, 0.1) is 5.25 Å². The molecule has 162 valence electrons. The Morgan fingerprint density at radius 2 is 1.84 bits per heavy atom. The minimum Gasteiger partial charge on any atom is -0.489 e. The molecular weight excluding hydrogens is 446 g/mol. The van der Waals surface area contributed by atoms with Crippen LogP contribution in [0.3, 0.4) is 0 Å². The van der Waals surface area contributed by atoms with Gasteiger partial charge < -0.3 is 14.5 Å². The fourth-order valence-corrected chi connectivity index (χ4v) is 3.69. The molecule has 0 aliphatic heterocycles. The summed E-state index contributed by atoms with van der Waals surface area (Å²) < 4.78 is 11.4. The van der Waals surface area contributed by atoms with Crippen molar-refractivity contribution in [3.63, 3.8) is 0 Å². The number of anilines is 1. The lowest BCUT2D eigenvalue weighted by molar-refractivity contribution is -0.115. The van der Waals surface area contributed by atoms with E-state index in [4.69, 9.17) is 20.8 Å². The van der Waals surface area contributed by atoms with Gasteiger partial charge >= 0.3 is 0 Å². The summed E-state index contributed by atoms with van der Waals surface area (Å²) in [5.74, 6) is 0.915. The van der Waals surface area contributed by atoms with E-state index in [0.29, 0.717) is 28.4 Å². The summed E-state index contributed by atoms with van der Waals surface area (Å²) >= 11 is 7.19. The molecule has 0 unspecified atom stereocenters. The van der Waals surface area contributed by atoms with Crippen molar-refractivity contribution in [2.24, 2.45) is 0 Å². The van der Waals surface area contributed by atoms with Gasteiger partial charge in [-0.05, 0) is 55.0 Å². The Bertz CT molecular complexity index is 1180. The zero-order valence-electron chi connectivity index (χ0n) is 17.2. The van der Waals surface area contributed by atoms with Crippen molar-refractivity contribution in [3.05, 3.63) is 89.4 Å². The first-order valence-electron chi connectivity index (χ1n) is 9.90. The van der Waals surface area contributed by atoms with Crippen LogP contribution >= 0.6 is 23.4 Å². The Hall–Kier alpha value is -3.29. The van der Waals surface area contributed by atoms with E-state index in [9.17, 15) is 4.79 Å². The van der Waals surface area contributed by atoms with E-state index in [1.165, 1.54) is 11.8 Å². The average Bonchev–Trinajstić information content (AvgIpc) is 3.28. The summed E-state index contributed by atoms with van der Waals surface area (Å²) in [4.78, 5) is 12.6. The molecule has 1 amide bonds. The molecule has 8 heteroatoms. The molecule has 0 bridgehead atoms. The van der Waals surface area contributed by atoms with Gasteiger partial charge in [-0.25, -0.2) is 0 Å². The lowest BCUT2D eigenvalue weighted by Gasteiger charge is -2.11. The number of thioether (sulfide) groups is 1. The molecular formula is C24H20ClN3O3S. The van der Waals surface area contributed by atoms with Gasteiger partial charge in [0.1, 0.15) is 12.4 Å². The molecule has 0 saturated heterocycles. The third kappa shape index (κ3) is 5.90. The van der Waals surface area contributed by atoms with E-state index in [1.807, 2.05) is 54.6 Å². The van der Waals surface area contributed by atoms with Crippen LogP contribution in [-0.2, 0) is 11.4 Å². The van der Waals surface area contributed by atoms with E-state index in [-0.39, 0.29) is 5.91 Å². The van der Waals surface area contributed by atoms with Crippen LogP contribution < -0.4 is 10.1 Å². The molecule has 6 nitrogen and oxygen atoms in total. The second kappa shape index (κ2) is 10.3. The van der Waals surface area contributed by atoms with Crippen LogP contribution in [0, 0.1) is 0 Å². The second-order valence-corrected chi connectivity index (χ2v) is 8.66. The Morgan fingerprint density at radius 3 is 2.59 bits per heavy atom. The monoisotopic (exact) mass is 465 g/mol. The number of hydrogen-bond donors (Lipinski definition) is 1. The molecule has 1 heterocycles. The first kappa shape index (κ1) is 21.9. The number of rotatable bonds is 8. The van der Waals surface area contributed by atoms with Crippen molar-refractivity contribution in [1.82, 2.24) is 10.2 Å². The maximum absolute atomic E-state index is 12.6. The number of ether oxygens (including phenoxy) is 1. The van der Waals surface area contributed by atoms with Crippen molar-refractivity contribution in [3.8, 4) is 17.2 Å². The number of nitrogens with one attached hydrogen (secondary N) is 1. The third-order valence-corrected chi connectivity index (χ3v) is 5.66. The zero-order valence-corrected chi connectivity index (χ0v) is 18.8. The van der Waals surface area contributed by atoms with E-state index in [2.05, 4.69) is 15.5 Å². The van der Waals surface area contributed by atoms with Crippen LogP contribution in [0.2, 0.25) is 5.02 Å². The topological polar surface area (TPSA) is 77.2 Å². The van der Waals surface area contributed by atoms with E-state index >= 15 is 0 Å². The summed E-state index contributed by atoms with van der Waals surface area (Å²) in [6, 6.07) is 24.3. The fraction of sp³-hybridized carbons (Fsp3) is 0.125. The smallest absolute Gasteiger partial charge is 0.277 e. The summed E-state index contributed by atoms with van der Waals surface area (Å²) in [6.07, 6.45) is 0. The molecule has 0 aliphatic rings. The maximum Gasteiger partial charge on any atom is 0.277 e. The number of benzene rings is 3. The van der Waals surface area contributed by atoms with Crippen LogP contribution in [0.1, 0.15) is 12.5 Å². The predicted octanol–water partition coefficient (Wildman–Crippen LogP) is 6.09. The lowest BCUT2D eigenvalue weighted by Crippen LogP contribution is -2.22. The molecule has 1 aromatic heterocycles. The standard InChI is InChI=1S/C24H20ClN3O3S/c1-16(32-24-28-27-23(31-24)18-8-5-9-19(25)14-18)22(29)26-20-10-12-21(13-11-20)30-15-17-6-3-2-4-7-17/h2-14,16H,15H2,1H3,(H,26,29)/t16-/m1/s1. The molecule has 4 aromatic rings. The van der Waals surface area contributed by atoms with Crippen molar-refractivity contribution in [2.45, 2.75) is 24.0 Å². The molecule has 0 fully saturated rings. The normalized spacial score (nSPS) is 11.7. The highest BCUT2D eigenvalue weighted by Crippen LogP contribution is 2.28. The van der Waals surface area contributed by atoms with Crippen LogP contribution in [-0.4, -0.2) is 21.4 Å². The van der Waals surface area contributed by atoms with Crippen molar-refractivity contribution in [2.75, 3.05) is 5.32 Å². The van der Waals surface area contributed by atoms with Gasteiger partial charge in [-0.2, -0.15) is 0 Å². The van der Waals surface area contributed by atoms with Gasteiger partial charge in [-0.15, -0.1) is 10.2 Å². The minimum absolute atomic E-state index is 0.171. The van der Waals surface area contributed by atoms with Gasteiger partial charge in [-0.3, -0.25) is 4.79 Å². The SMILES string of the molecule is C[C@@H](Sc1nnc(-c2cccc(Cl)c2)o1)C(=O)Nc1ccc(OCc2ccccc2)cc1. The van der Waals surface area contributed by atoms with Gasteiger partial charge in [-0.1, -0.05) is 59.8 Å². The highest BCUT2D eigenvalue weighted by Gasteiger charge is 2.19. The van der Waals surface area contributed by atoms with Gasteiger partial charge in [0, 0.05) is 16.3 Å². The molecule has 32 heavy (non-hydrogen) atoms. The predicted molar refractivity (Wildman–Crippen MR) is 126 cm³/mol. The number of amides is 1. The van der Waals surface area contributed by atoms with E-state index in [0.717, 1.165) is 16.9 Å². The Morgan fingerprint density at radius 1 is 1.06 bits per heavy atom. The molecule has 0 radical (unpaired) electrons. The zero-order chi connectivity index (χ0) is 22.3. The molecule has 4 rings (SSSR count). The van der Waals surface area contributed by atoms with Gasteiger partial charge in [0.2, 0.25) is 11.8 Å². The number of carbonyl (C=O) groups excluding carboxylic acids is 1. The Labute approximate surface area is 195 Å². The van der Waals surface area contributed by atoms with Gasteiger partial charge in [0.25, 0.3) is 5.22 Å². The fourth-order valence-electron chi connectivity index (χ4n) is 2.82. The summed E-state index contributed by atoms with van der Waals surface area (Å²) in [5, 5.41) is 11.4. The first-order valence-corrected chi connectivity index (χ1v) is 11.2. The van der Waals surface area contributed by atoms with Crippen LogP contribution in [0.25, 0.3) is 11.5 Å². The minimum atomic E-state index is -0.434. The summed E-state index contributed by atoms with van der Waals surface area (Å²) in [6.45, 7) is 2.27. The summed E-state index contributed by atoms with van der Waals surface area (Å²) in [5.41, 5.74) is 2.50. The number of nitrogens with zero attached hydrogens (tertiary/aromatic N) is 2. The van der Waals surface area contributed by atoms with Crippen molar-refractivity contribution >= 4 is 35.0 Å². The highest BCUT2D eigenvalue weighted by molar-refractivity contribution is 8.00. The lowest BCUT2D eigenvalue weighted by atomic mass is 10.2. The molecule has 0 aliphatic carbocycles. The van der Waals surface area contributed by atoms with Gasteiger partial charge in [0.15, 0.2) is 0 Å². The average molecular weight is 466 g/mol. The molecule has 1 atom stereocenters. The van der Waals surface area contributed by atoms with E-state index in [1.54, 1.807) is 31.2 Å². The Balaban J connectivity index is 1.30. The third-order valence-electron chi connectivity index (χ3n) is 4.50. The quantitative estimate of drug-likeness (QED) is 0.317. The molecule has 3 aromatic carbocycles. The molecule has 1 N–H and O–H groups in total. The Kier molecular flexibility index (Phi) is 7.09. The van der Waals surface area contributed by atoms with Crippen LogP contribution in [0.5, 0.6) is 5.75 Å². The maximum atomic E-state index is 12.6. The number of aromatic nitrogens is 2. The largest absolute Gasteiger partial charge is 0.489 e.